The number of ketones is 1. The van der Waals surface area contributed by atoms with Gasteiger partial charge in [-0.1, -0.05) is 19.1 Å². The van der Waals surface area contributed by atoms with Crippen LogP contribution in [0.3, 0.4) is 0 Å². The van der Waals surface area contributed by atoms with Crippen LogP contribution in [0.5, 0.6) is 5.75 Å². The molecule has 0 saturated heterocycles. The summed E-state index contributed by atoms with van der Waals surface area (Å²) in [5.41, 5.74) is 0.497. The maximum Gasteiger partial charge on any atom is 0.294 e. The first kappa shape index (κ1) is 19.5. The largest absolute Gasteiger partial charge is 0.503 e. The van der Waals surface area contributed by atoms with Gasteiger partial charge in [-0.15, -0.1) is 0 Å². The molecule has 2 aromatic rings. The van der Waals surface area contributed by atoms with Crippen molar-refractivity contribution < 1.29 is 28.2 Å². The van der Waals surface area contributed by atoms with Crippen molar-refractivity contribution in [3.05, 3.63) is 71.0 Å². The highest BCUT2D eigenvalue weighted by molar-refractivity contribution is 6.16. The Balaban J connectivity index is 2.13. The van der Waals surface area contributed by atoms with Crippen LogP contribution in [-0.2, 0) is 9.59 Å². The Morgan fingerprint density at radius 3 is 2.36 bits per heavy atom. The lowest BCUT2D eigenvalue weighted by atomic mass is 9.95. The number of anilines is 1. The van der Waals surface area contributed by atoms with E-state index in [1.165, 1.54) is 6.07 Å². The summed E-state index contributed by atoms with van der Waals surface area (Å²) in [4.78, 5) is 26.3. The van der Waals surface area contributed by atoms with Gasteiger partial charge in [0.25, 0.3) is 5.91 Å². The predicted octanol–water partition coefficient (Wildman–Crippen LogP) is 4.24. The Morgan fingerprint density at radius 1 is 1.11 bits per heavy atom. The molecule has 7 heteroatoms. The molecule has 1 heterocycles. The monoisotopic (exact) mass is 387 g/mol. The second kappa shape index (κ2) is 7.80. The summed E-state index contributed by atoms with van der Waals surface area (Å²) in [6, 6.07) is 8.71. The van der Waals surface area contributed by atoms with Crippen LogP contribution in [0.4, 0.5) is 14.5 Å². The van der Waals surface area contributed by atoms with Crippen molar-refractivity contribution in [1.82, 2.24) is 0 Å². The van der Waals surface area contributed by atoms with E-state index in [0.717, 1.165) is 17.0 Å². The zero-order valence-electron chi connectivity index (χ0n) is 15.4. The molecule has 0 radical (unpaired) electrons. The van der Waals surface area contributed by atoms with E-state index < -0.39 is 35.1 Å². The van der Waals surface area contributed by atoms with E-state index in [2.05, 4.69) is 0 Å². The van der Waals surface area contributed by atoms with Gasteiger partial charge in [0.2, 0.25) is 0 Å². The summed E-state index contributed by atoms with van der Waals surface area (Å²) in [6.45, 7) is 3.93. The third kappa shape index (κ3) is 3.35. The van der Waals surface area contributed by atoms with Gasteiger partial charge in [0.05, 0.1) is 18.2 Å². The van der Waals surface area contributed by atoms with Crippen molar-refractivity contribution >= 4 is 17.4 Å². The van der Waals surface area contributed by atoms with Crippen LogP contribution in [0.1, 0.15) is 31.9 Å². The van der Waals surface area contributed by atoms with E-state index in [0.29, 0.717) is 17.9 Å². The molecule has 146 valence electrons. The number of carbonyl (C=O) groups is 2. The van der Waals surface area contributed by atoms with Crippen LogP contribution in [0.25, 0.3) is 0 Å². The molecule has 0 aromatic heterocycles. The number of amides is 1. The average Bonchev–Trinajstić information content (AvgIpc) is 2.95. The van der Waals surface area contributed by atoms with Crippen LogP contribution in [-0.4, -0.2) is 23.4 Å². The van der Waals surface area contributed by atoms with Crippen LogP contribution >= 0.6 is 0 Å². The zero-order chi connectivity index (χ0) is 20.4. The lowest BCUT2D eigenvalue weighted by Crippen LogP contribution is -2.31. The van der Waals surface area contributed by atoms with E-state index in [9.17, 15) is 23.5 Å². The van der Waals surface area contributed by atoms with E-state index >= 15 is 0 Å². The average molecular weight is 387 g/mol. The Kier molecular flexibility index (Phi) is 5.44. The van der Waals surface area contributed by atoms with Crippen molar-refractivity contribution in [2.75, 3.05) is 11.5 Å². The molecule has 1 unspecified atom stereocenters. The summed E-state index contributed by atoms with van der Waals surface area (Å²) >= 11 is 0. The minimum Gasteiger partial charge on any atom is -0.503 e. The van der Waals surface area contributed by atoms with E-state index in [1.54, 1.807) is 31.2 Å². The third-order valence-electron chi connectivity index (χ3n) is 4.52. The van der Waals surface area contributed by atoms with Crippen molar-refractivity contribution in [2.24, 2.45) is 0 Å². The number of aliphatic hydroxyl groups is 1. The molecular weight excluding hydrogens is 368 g/mol. The van der Waals surface area contributed by atoms with Crippen molar-refractivity contribution in [1.29, 1.82) is 0 Å². The maximum atomic E-state index is 13.8. The molecule has 1 atom stereocenters. The van der Waals surface area contributed by atoms with Crippen molar-refractivity contribution in [2.45, 2.75) is 26.3 Å². The Morgan fingerprint density at radius 2 is 1.79 bits per heavy atom. The summed E-state index contributed by atoms with van der Waals surface area (Å²) in [5, 5.41) is 10.4. The molecule has 0 bridgehead atoms. The number of hydrogen-bond acceptors (Lipinski definition) is 4. The molecule has 1 aliphatic heterocycles. The number of hydrogen-bond donors (Lipinski definition) is 1. The second-order valence-corrected chi connectivity index (χ2v) is 6.22. The second-order valence-electron chi connectivity index (χ2n) is 6.22. The zero-order valence-corrected chi connectivity index (χ0v) is 15.4. The molecule has 3 rings (SSSR count). The quantitative estimate of drug-likeness (QED) is 0.805. The highest BCUT2D eigenvalue weighted by Gasteiger charge is 2.44. The number of nitrogens with zero attached hydrogens (tertiary/aromatic N) is 1. The highest BCUT2D eigenvalue weighted by Crippen LogP contribution is 2.41. The molecule has 0 aliphatic carbocycles. The van der Waals surface area contributed by atoms with Crippen molar-refractivity contribution in [3.63, 3.8) is 0 Å². The number of rotatable bonds is 6. The molecule has 5 nitrogen and oxygen atoms in total. The summed E-state index contributed by atoms with van der Waals surface area (Å²) in [5.74, 6) is -3.53. The molecule has 1 aliphatic rings. The molecular formula is C21H19F2NO4. The van der Waals surface area contributed by atoms with Gasteiger partial charge < -0.3 is 9.84 Å². The maximum absolute atomic E-state index is 13.8. The molecule has 0 saturated carbocycles. The van der Waals surface area contributed by atoms with Crippen LogP contribution in [0, 0.1) is 11.6 Å². The lowest BCUT2D eigenvalue weighted by Gasteiger charge is -2.27. The summed E-state index contributed by atoms with van der Waals surface area (Å²) in [7, 11) is 0. The van der Waals surface area contributed by atoms with E-state index in [4.69, 9.17) is 4.74 Å². The van der Waals surface area contributed by atoms with Gasteiger partial charge >= 0.3 is 0 Å². The van der Waals surface area contributed by atoms with Crippen LogP contribution < -0.4 is 9.64 Å². The van der Waals surface area contributed by atoms with Gasteiger partial charge in [-0.2, -0.15) is 0 Å². The first-order valence-electron chi connectivity index (χ1n) is 8.86. The molecule has 1 N–H and O–H groups in total. The topological polar surface area (TPSA) is 66.8 Å². The molecule has 1 amide bonds. The minimum atomic E-state index is -1.13. The summed E-state index contributed by atoms with van der Waals surface area (Å²) in [6.07, 6.45) is 0.0752. The standard InChI is InChI=1S/C21H19F2NO4/c1-3-17(25)18-19(12-5-8-14(9-6-12)28-4-2)24(21(27)20(18)26)13-7-10-15(22)16(23)11-13/h5-11,19,26H,3-4H2,1-2H3. The first-order chi connectivity index (χ1) is 13.4. The SMILES string of the molecule is CCOc1ccc(C2C(C(=O)CC)=C(O)C(=O)N2c2ccc(F)c(F)c2)cc1. The Labute approximate surface area is 160 Å². The normalized spacial score (nSPS) is 16.6. The molecule has 2 aromatic carbocycles. The van der Waals surface area contributed by atoms with Crippen LogP contribution in [0.15, 0.2) is 53.8 Å². The van der Waals surface area contributed by atoms with Gasteiger partial charge in [0.1, 0.15) is 5.75 Å². The highest BCUT2D eigenvalue weighted by atomic mass is 19.2. The lowest BCUT2D eigenvalue weighted by molar-refractivity contribution is -0.118. The number of aliphatic hydroxyl groups excluding tert-OH is 1. The third-order valence-corrected chi connectivity index (χ3v) is 4.52. The van der Waals surface area contributed by atoms with Crippen LogP contribution in [0.2, 0.25) is 0 Å². The molecule has 0 fully saturated rings. The van der Waals surface area contributed by atoms with Gasteiger partial charge in [-0.05, 0) is 36.8 Å². The first-order valence-corrected chi connectivity index (χ1v) is 8.86. The number of ether oxygens (including phenoxy) is 1. The fraction of sp³-hybridized carbons (Fsp3) is 0.238. The number of carbonyl (C=O) groups excluding carboxylic acids is 2. The van der Waals surface area contributed by atoms with Gasteiger partial charge in [0, 0.05) is 18.2 Å². The number of benzene rings is 2. The molecule has 28 heavy (non-hydrogen) atoms. The van der Waals surface area contributed by atoms with Crippen molar-refractivity contribution in [3.8, 4) is 5.75 Å². The van der Waals surface area contributed by atoms with E-state index in [1.807, 2.05) is 6.92 Å². The van der Waals surface area contributed by atoms with Gasteiger partial charge in [0.15, 0.2) is 23.2 Å². The Bertz CT molecular complexity index is 953. The number of Topliss-reactive ketones (excluding diaryl/α,β-unsaturated/α-hetero) is 1. The van der Waals surface area contributed by atoms with Gasteiger partial charge in [-0.3, -0.25) is 14.5 Å². The molecule has 0 spiro atoms. The smallest absolute Gasteiger partial charge is 0.294 e. The van der Waals surface area contributed by atoms with Gasteiger partial charge in [-0.25, -0.2) is 8.78 Å². The van der Waals surface area contributed by atoms with E-state index in [-0.39, 0.29) is 17.7 Å². The fourth-order valence-electron chi connectivity index (χ4n) is 3.21. The fourth-order valence-corrected chi connectivity index (χ4v) is 3.21. The Hall–Kier alpha value is -3.22. The predicted molar refractivity (Wildman–Crippen MR) is 99.1 cm³/mol. The summed E-state index contributed by atoms with van der Waals surface area (Å²) < 4.78 is 32.5. The minimum absolute atomic E-state index is 0.0354. The number of halogens is 2.